The van der Waals surface area contributed by atoms with E-state index in [0.29, 0.717) is 18.9 Å². The van der Waals surface area contributed by atoms with E-state index >= 15 is 0 Å². The lowest BCUT2D eigenvalue weighted by Gasteiger charge is -2.09. The van der Waals surface area contributed by atoms with Gasteiger partial charge in [-0.05, 0) is 26.0 Å². The number of aromatic nitrogens is 1. The van der Waals surface area contributed by atoms with Gasteiger partial charge in [0.15, 0.2) is 6.79 Å². The molecule has 1 rings (SSSR count). The molecule has 0 aliphatic rings. The third kappa shape index (κ3) is 2.97. The highest BCUT2D eigenvalue weighted by Gasteiger charge is 2.03. The molecule has 4 nitrogen and oxygen atoms in total. The van der Waals surface area contributed by atoms with Crippen LogP contribution in [0, 0.1) is 6.92 Å². The van der Waals surface area contributed by atoms with Gasteiger partial charge in [0.1, 0.15) is 5.75 Å². The van der Waals surface area contributed by atoms with Crippen molar-refractivity contribution in [2.45, 2.75) is 20.4 Å². The Morgan fingerprint density at radius 2 is 2.21 bits per heavy atom. The maximum absolute atomic E-state index is 5.54. The minimum absolute atomic E-state index is 0.244. The highest BCUT2D eigenvalue weighted by molar-refractivity contribution is 5.28. The van der Waals surface area contributed by atoms with Crippen molar-refractivity contribution in [3.05, 3.63) is 23.5 Å². The highest BCUT2D eigenvalue weighted by Crippen LogP contribution is 2.15. The quantitative estimate of drug-likeness (QED) is 0.568. The fraction of sp³-hybridized carbons (Fsp3) is 0.500. The predicted molar refractivity (Wildman–Crippen MR) is 54.0 cm³/mol. The summed E-state index contributed by atoms with van der Waals surface area (Å²) in [5, 5.41) is 0. The van der Waals surface area contributed by atoms with Crippen LogP contribution in [0.3, 0.4) is 0 Å². The molecule has 0 saturated heterocycles. The average molecular weight is 196 g/mol. The Hall–Kier alpha value is -1.13. The van der Waals surface area contributed by atoms with E-state index in [0.717, 1.165) is 11.4 Å². The third-order valence-corrected chi connectivity index (χ3v) is 1.77. The van der Waals surface area contributed by atoms with Gasteiger partial charge in [-0.15, -0.1) is 0 Å². The Kier molecular flexibility index (Phi) is 4.35. The molecule has 1 aromatic heterocycles. The van der Waals surface area contributed by atoms with Gasteiger partial charge in [0.2, 0.25) is 0 Å². The molecule has 1 aromatic rings. The van der Waals surface area contributed by atoms with Gasteiger partial charge in [0.05, 0.1) is 5.69 Å². The lowest BCUT2D eigenvalue weighted by molar-refractivity contribution is 0.0215. The van der Waals surface area contributed by atoms with E-state index in [9.17, 15) is 0 Å². The first-order valence-corrected chi connectivity index (χ1v) is 4.65. The molecule has 0 spiro atoms. The SMILES string of the molecule is CCOCOc1ccc(C)nc1CN. The lowest BCUT2D eigenvalue weighted by atomic mass is 10.3. The van der Waals surface area contributed by atoms with E-state index in [2.05, 4.69) is 4.98 Å². The number of hydrogen-bond acceptors (Lipinski definition) is 4. The minimum Gasteiger partial charge on any atom is -0.466 e. The van der Waals surface area contributed by atoms with Crippen molar-refractivity contribution < 1.29 is 9.47 Å². The topological polar surface area (TPSA) is 57.4 Å². The molecule has 0 radical (unpaired) electrons. The van der Waals surface area contributed by atoms with Gasteiger partial charge in [-0.1, -0.05) is 0 Å². The van der Waals surface area contributed by atoms with Gasteiger partial charge in [0.25, 0.3) is 0 Å². The zero-order valence-corrected chi connectivity index (χ0v) is 8.62. The fourth-order valence-electron chi connectivity index (χ4n) is 1.06. The van der Waals surface area contributed by atoms with Crippen LogP contribution in [-0.2, 0) is 11.3 Å². The van der Waals surface area contributed by atoms with Crippen LogP contribution in [0.5, 0.6) is 5.75 Å². The zero-order chi connectivity index (χ0) is 10.4. The van der Waals surface area contributed by atoms with Gasteiger partial charge in [-0.3, -0.25) is 4.98 Å². The van der Waals surface area contributed by atoms with E-state index < -0.39 is 0 Å². The summed E-state index contributed by atoms with van der Waals surface area (Å²) in [6, 6.07) is 3.75. The summed E-state index contributed by atoms with van der Waals surface area (Å²) in [5.74, 6) is 0.701. The Morgan fingerprint density at radius 1 is 1.43 bits per heavy atom. The number of hydrogen-bond donors (Lipinski definition) is 1. The first-order chi connectivity index (χ1) is 6.77. The van der Waals surface area contributed by atoms with Crippen LogP contribution in [0.1, 0.15) is 18.3 Å². The van der Waals surface area contributed by atoms with E-state index in [4.69, 9.17) is 15.2 Å². The van der Waals surface area contributed by atoms with Crippen LogP contribution in [0.2, 0.25) is 0 Å². The van der Waals surface area contributed by atoms with Crippen molar-refractivity contribution in [2.24, 2.45) is 5.73 Å². The smallest absolute Gasteiger partial charge is 0.189 e. The lowest BCUT2D eigenvalue weighted by Crippen LogP contribution is -2.08. The monoisotopic (exact) mass is 196 g/mol. The summed E-state index contributed by atoms with van der Waals surface area (Å²) < 4.78 is 10.4. The Labute approximate surface area is 84.0 Å². The van der Waals surface area contributed by atoms with Crippen LogP contribution >= 0.6 is 0 Å². The molecule has 0 amide bonds. The van der Waals surface area contributed by atoms with E-state index in [-0.39, 0.29) is 6.79 Å². The summed E-state index contributed by atoms with van der Waals surface area (Å²) in [4.78, 5) is 4.26. The number of rotatable bonds is 5. The Balaban J connectivity index is 2.65. The molecule has 78 valence electrons. The van der Waals surface area contributed by atoms with Crippen molar-refractivity contribution in [1.82, 2.24) is 4.98 Å². The third-order valence-electron chi connectivity index (χ3n) is 1.77. The van der Waals surface area contributed by atoms with Crippen molar-refractivity contribution >= 4 is 0 Å². The summed E-state index contributed by atoms with van der Waals surface area (Å²) >= 11 is 0. The number of nitrogens with two attached hydrogens (primary N) is 1. The first-order valence-electron chi connectivity index (χ1n) is 4.65. The van der Waals surface area contributed by atoms with E-state index in [1.54, 1.807) is 0 Å². The van der Waals surface area contributed by atoms with Crippen LogP contribution in [0.15, 0.2) is 12.1 Å². The van der Waals surface area contributed by atoms with Gasteiger partial charge in [-0.2, -0.15) is 0 Å². The molecule has 0 saturated carbocycles. The van der Waals surface area contributed by atoms with Crippen molar-refractivity contribution in [1.29, 1.82) is 0 Å². The second-order valence-corrected chi connectivity index (χ2v) is 2.86. The first kappa shape index (κ1) is 10.9. The maximum Gasteiger partial charge on any atom is 0.189 e. The summed E-state index contributed by atoms with van der Waals surface area (Å²) in [5.41, 5.74) is 7.25. The Bertz CT molecular complexity index is 289. The van der Waals surface area contributed by atoms with Crippen LogP contribution in [0.25, 0.3) is 0 Å². The van der Waals surface area contributed by atoms with E-state index in [1.807, 2.05) is 26.0 Å². The molecule has 0 bridgehead atoms. The second kappa shape index (κ2) is 5.57. The zero-order valence-electron chi connectivity index (χ0n) is 8.62. The second-order valence-electron chi connectivity index (χ2n) is 2.86. The highest BCUT2D eigenvalue weighted by atomic mass is 16.7. The van der Waals surface area contributed by atoms with Crippen LogP contribution < -0.4 is 10.5 Å². The van der Waals surface area contributed by atoms with Crippen LogP contribution in [-0.4, -0.2) is 18.4 Å². The molecular weight excluding hydrogens is 180 g/mol. The van der Waals surface area contributed by atoms with Crippen molar-refractivity contribution in [3.8, 4) is 5.75 Å². The number of aryl methyl sites for hydroxylation is 1. The molecule has 0 aliphatic heterocycles. The van der Waals surface area contributed by atoms with Crippen molar-refractivity contribution in [2.75, 3.05) is 13.4 Å². The van der Waals surface area contributed by atoms with Gasteiger partial charge in [0, 0.05) is 18.8 Å². The average Bonchev–Trinajstić information content (AvgIpc) is 2.20. The van der Waals surface area contributed by atoms with Gasteiger partial charge in [-0.25, -0.2) is 0 Å². The maximum atomic E-state index is 5.54. The molecule has 0 unspecified atom stereocenters. The van der Waals surface area contributed by atoms with Crippen LogP contribution in [0.4, 0.5) is 0 Å². The number of pyridine rings is 1. The molecule has 0 atom stereocenters. The Morgan fingerprint density at radius 3 is 2.86 bits per heavy atom. The fourth-order valence-corrected chi connectivity index (χ4v) is 1.06. The number of nitrogens with zero attached hydrogens (tertiary/aromatic N) is 1. The molecule has 0 aromatic carbocycles. The molecule has 4 heteroatoms. The molecule has 14 heavy (non-hydrogen) atoms. The summed E-state index contributed by atoms with van der Waals surface area (Å²) in [6.45, 7) is 5.10. The molecule has 0 aliphatic carbocycles. The molecule has 2 N–H and O–H groups in total. The van der Waals surface area contributed by atoms with E-state index in [1.165, 1.54) is 0 Å². The molecular formula is C10H16N2O2. The summed E-state index contributed by atoms with van der Waals surface area (Å²) in [6.07, 6.45) is 0. The predicted octanol–water partition coefficient (Wildman–Crippen LogP) is 1.22. The van der Waals surface area contributed by atoms with Gasteiger partial charge < -0.3 is 15.2 Å². The number of ether oxygens (including phenoxy) is 2. The summed E-state index contributed by atoms with van der Waals surface area (Å²) in [7, 11) is 0. The molecule has 1 heterocycles. The van der Waals surface area contributed by atoms with Gasteiger partial charge >= 0.3 is 0 Å². The van der Waals surface area contributed by atoms with Crippen molar-refractivity contribution in [3.63, 3.8) is 0 Å². The largest absolute Gasteiger partial charge is 0.466 e. The minimum atomic E-state index is 0.244. The molecule has 0 fully saturated rings. The normalized spacial score (nSPS) is 10.2. The standard InChI is InChI=1S/C10H16N2O2/c1-3-13-7-14-10-5-4-8(2)12-9(10)6-11/h4-5H,3,6-7,11H2,1-2H3.